The highest BCUT2D eigenvalue weighted by Gasteiger charge is 2.40. The predicted octanol–water partition coefficient (Wildman–Crippen LogP) is 2.17. The summed E-state index contributed by atoms with van der Waals surface area (Å²) < 4.78 is 18.5. The Kier molecular flexibility index (Phi) is 4.45. The topological polar surface area (TPSA) is 58.6 Å². The maximum atomic E-state index is 13.6. The number of nitrogens with zero attached hydrogens (tertiary/aromatic N) is 1. The van der Waals surface area contributed by atoms with Crippen molar-refractivity contribution in [2.24, 2.45) is 0 Å². The lowest BCUT2D eigenvalue weighted by Crippen LogP contribution is -2.40. The van der Waals surface area contributed by atoms with Gasteiger partial charge in [0.1, 0.15) is 6.04 Å². The Labute approximate surface area is 123 Å². The van der Waals surface area contributed by atoms with Gasteiger partial charge in [0.2, 0.25) is 5.91 Å². The second-order valence-electron chi connectivity index (χ2n) is 5.11. The lowest BCUT2D eigenvalue weighted by Gasteiger charge is -2.21. The van der Waals surface area contributed by atoms with Gasteiger partial charge in [-0.2, -0.15) is 0 Å². The van der Waals surface area contributed by atoms with Crippen molar-refractivity contribution in [3.05, 3.63) is 24.0 Å². The van der Waals surface area contributed by atoms with E-state index >= 15 is 0 Å². The van der Waals surface area contributed by atoms with Crippen molar-refractivity contribution in [1.82, 2.24) is 4.90 Å². The second kappa shape index (κ2) is 6.11. The molecule has 1 N–H and O–H groups in total. The Morgan fingerprint density at radius 3 is 2.76 bits per heavy atom. The number of likely N-dealkylation sites (tertiary alicyclic amines) is 1. The number of benzene rings is 1. The number of imide groups is 1. The molecule has 21 heavy (non-hydrogen) atoms. The molecule has 2 amide bonds. The number of halogens is 1. The molecule has 0 radical (unpaired) electrons. The summed E-state index contributed by atoms with van der Waals surface area (Å²) in [6, 6.07) is 3.59. The van der Waals surface area contributed by atoms with E-state index in [0.29, 0.717) is 12.1 Å². The van der Waals surface area contributed by atoms with E-state index in [1.165, 1.54) is 24.1 Å². The van der Waals surface area contributed by atoms with Crippen molar-refractivity contribution in [3.63, 3.8) is 0 Å². The number of carbonyl (C=O) groups is 2. The molecule has 114 valence electrons. The third-order valence-electron chi connectivity index (χ3n) is 3.71. The maximum absolute atomic E-state index is 13.6. The van der Waals surface area contributed by atoms with Crippen LogP contribution in [-0.4, -0.2) is 35.9 Å². The van der Waals surface area contributed by atoms with E-state index in [4.69, 9.17) is 4.74 Å². The molecule has 5 nitrogen and oxygen atoms in total. The van der Waals surface area contributed by atoms with Crippen molar-refractivity contribution in [2.75, 3.05) is 12.4 Å². The van der Waals surface area contributed by atoms with Crippen LogP contribution in [0.25, 0.3) is 0 Å². The number of nitrogens with one attached hydrogen (secondary N) is 1. The van der Waals surface area contributed by atoms with E-state index in [1.807, 2.05) is 13.8 Å². The average Bonchev–Trinajstić information content (AvgIpc) is 2.73. The summed E-state index contributed by atoms with van der Waals surface area (Å²) in [4.78, 5) is 25.5. The first-order chi connectivity index (χ1) is 9.97. The fourth-order valence-corrected chi connectivity index (χ4v) is 2.37. The summed E-state index contributed by atoms with van der Waals surface area (Å²) in [5.74, 6) is -0.833. The highest BCUT2D eigenvalue weighted by molar-refractivity contribution is 6.07. The molecule has 0 saturated carbocycles. The molecule has 1 heterocycles. The largest absolute Gasteiger partial charge is 0.494 e. The van der Waals surface area contributed by atoms with Gasteiger partial charge < -0.3 is 10.1 Å². The summed E-state index contributed by atoms with van der Waals surface area (Å²) in [5, 5.41) is 2.91. The summed E-state index contributed by atoms with van der Waals surface area (Å²) in [7, 11) is 1.38. The fourth-order valence-electron chi connectivity index (χ4n) is 2.37. The Hall–Kier alpha value is -2.11. The SMILES string of the molecule is CCC(C)N1C(=O)CC(Nc2ccc(OC)c(F)c2)C1=O. The molecule has 1 aliphatic rings. The minimum Gasteiger partial charge on any atom is -0.494 e. The zero-order valence-corrected chi connectivity index (χ0v) is 12.4. The van der Waals surface area contributed by atoms with E-state index in [-0.39, 0.29) is 30.0 Å². The number of hydrogen-bond donors (Lipinski definition) is 1. The Morgan fingerprint density at radius 1 is 1.48 bits per heavy atom. The monoisotopic (exact) mass is 294 g/mol. The predicted molar refractivity (Wildman–Crippen MR) is 76.6 cm³/mol. The maximum Gasteiger partial charge on any atom is 0.252 e. The molecule has 0 aliphatic carbocycles. The lowest BCUT2D eigenvalue weighted by atomic mass is 10.2. The number of hydrogen-bond acceptors (Lipinski definition) is 4. The molecule has 1 saturated heterocycles. The van der Waals surface area contributed by atoms with Crippen LogP contribution in [0.2, 0.25) is 0 Å². The van der Waals surface area contributed by atoms with Gasteiger partial charge in [-0.1, -0.05) is 6.92 Å². The molecule has 2 atom stereocenters. The van der Waals surface area contributed by atoms with Gasteiger partial charge in [-0.3, -0.25) is 14.5 Å². The number of ether oxygens (including phenoxy) is 1. The van der Waals surface area contributed by atoms with Crippen LogP contribution in [0.4, 0.5) is 10.1 Å². The first-order valence-corrected chi connectivity index (χ1v) is 6.93. The third kappa shape index (κ3) is 2.99. The van der Waals surface area contributed by atoms with Crippen LogP contribution in [0.15, 0.2) is 18.2 Å². The molecular formula is C15H19FN2O3. The van der Waals surface area contributed by atoms with E-state index in [1.54, 1.807) is 6.07 Å². The second-order valence-corrected chi connectivity index (χ2v) is 5.11. The minimum atomic E-state index is -0.640. The van der Waals surface area contributed by atoms with Gasteiger partial charge in [0, 0.05) is 17.8 Å². The van der Waals surface area contributed by atoms with Gasteiger partial charge in [-0.15, -0.1) is 0 Å². The van der Waals surface area contributed by atoms with Gasteiger partial charge in [0.15, 0.2) is 11.6 Å². The highest BCUT2D eigenvalue weighted by Crippen LogP contribution is 2.24. The molecule has 6 heteroatoms. The van der Waals surface area contributed by atoms with E-state index in [9.17, 15) is 14.0 Å². The number of amides is 2. The summed E-state index contributed by atoms with van der Waals surface area (Å²) in [6.07, 6.45) is 0.804. The third-order valence-corrected chi connectivity index (χ3v) is 3.71. The zero-order valence-electron chi connectivity index (χ0n) is 12.4. The number of methoxy groups -OCH3 is 1. The highest BCUT2D eigenvalue weighted by atomic mass is 19.1. The average molecular weight is 294 g/mol. The standard InChI is InChI=1S/C15H19FN2O3/c1-4-9(2)18-14(19)8-12(15(18)20)17-10-5-6-13(21-3)11(16)7-10/h5-7,9,12,17H,4,8H2,1-3H3. The van der Waals surface area contributed by atoms with E-state index in [2.05, 4.69) is 5.32 Å². The van der Waals surface area contributed by atoms with Crippen molar-refractivity contribution < 1.29 is 18.7 Å². The van der Waals surface area contributed by atoms with Gasteiger partial charge >= 0.3 is 0 Å². The van der Waals surface area contributed by atoms with Crippen molar-refractivity contribution in [2.45, 2.75) is 38.8 Å². The Morgan fingerprint density at radius 2 is 2.19 bits per heavy atom. The summed E-state index contributed by atoms with van der Waals surface area (Å²) in [6.45, 7) is 3.76. The zero-order chi connectivity index (χ0) is 15.6. The Bertz CT molecular complexity index is 562. The molecule has 0 bridgehead atoms. The van der Waals surface area contributed by atoms with Crippen LogP contribution in [0.5, 0.6) is 5.75 Å². The Balaban J connectivity index is 2.12. The van der Waals surface area contributed by atoms with E-state index < -0.39 is 11.9 Å². The van der Waals surface area contributed by atoms with Gasteiger partial charge in [-0.05, 0) is 25.5 Å². The molecule has 2 unspecified atom stereocenters. The van der Waals surface area contributed by atoms with E-state index in [0.717, 1.165) is 0 Å². The molecule has 0 spiro atoms. The molecule has 1 aromatic rings. The molecular weight excluding hydrogens is 275 g/mol. The van der Waals surface area contributed by atoms with Crippen LogP contribution >= 0.6 is 0 Å². The van der Waals surface area contributed by atoms with Crippen LogP contribution in [0.1, 0.15) is 26.7 Å². The van der Waals surface area contributed by atoms with Crippen LogP contribution in [0, 0.1) is 5.82 Å². The lowest BCUT2D eigenvalue weighted by molar-refractivity contribution is -0.140. The first kappa shape index (κ1) is 15.3. The normalized spacial score (nSPS) is 19.8. The summed E-state index contributed by atoms with van der Waals surface area (Å²) >= 11 is 0. The van der Waals surface area contributed by atoms with Gasteiger partial charge in [-0.25, -0.2) is 4.39 Å². The smallest absolute Gasteiger partial charge is 0.252 e. The molecule has 2 rings (SSSR count). The first-order valence-electron chi connectivity index (χ1n) is 6.93. The van der Waals surface area contributed by atoms with Crippen molar-refractivity contribution >= 4 is 17.5 Å². The van der Waals surface area contributed by atoms with Crippen molar-refractivity contribution in [3.8, 4) is 5.75 Å². The molecule has 1 aromatic carbocycles. The number of anilines is 1. The fraction of sp³-hybridized carbons (Fsp3) is 0.467. The van der Waals surface area contributed by atoms with Crippen LogP contribution in [-0.2, 0) is 9.59 Å². The van der Waals surface area contributed by atoms with Crippen molar-refractivity contribution in [1.29, 1.82) is 0 Å². The quantitative estimate of drug-likeness (QED) is 0.846. The van der Waals surface area contributed by atoms with Gasteiger partial charge in [0.25, 0.3) is 5.91 Å². The molecule has 1 fully saturated rings. The summed E-state index contributed by atoms with van der Waals surface area (Å²) in [5.41, 5.74) is 0.449. The van der Waals surface area contributed by atoms with Crippen LogP contribution < -0.4 is 10.1 Å². The minimum absolute atomic E-state index is 0.0941. The van der Waals surface area contributed by atoms with Gasteiger partial charge in [0.05, 0.1) is 13.5 Å². The molecule has 0 aromatic heterocycles. The van der Waals surface area contributed by atoms with Crippen LogP contribution in [0.3, 0.4) is 0 Å². The molecule has 1 aliphatic heterocycles. The number of rotatable bonds is 5. The number of carbonyl (C=O) groups excluding carboxylic acids is 2.